The van der Waals surface area contributed by atoms with E-state index in [4.69, 9.17) is 0 Å². The molecule has 0 fully saturated rings. The lowest BCUT2D eigenvalue weighted by Gasteiger charge is -2.14. The summed E-state index contributed by atoms with van der Waals surface area (Å²) >= 11 is 0. The first-order valence-corrected chi connectivity index (χ1v) is 11.7. The molecule has 0 saturated carbocycles. The molecule has 3 aliphatic carbocycles. The van der Waals surface area contributed by atoms with Gasteiger partial charge in [-0.3, -0.25) is 0 Å². The minimum atomic E-state index is 0.00991. The van der Waals surface area contributed by atoms with Crippen LogP contribution in [-0.2, 0) is 10.9 Å². The number of rotatable bonds is 3. The van der Waals surface area contributed by atoms with Gasteiger partial charge in [0.25, 0.3) is 0 Å². The van der Waals surface area contributed by atoms with Gasteiger partial charge in [-0.05, 0) is 70.8 Å². The van der Waals surface area contributed by atoms with Crippen molar-refractivity contribution < 1.29 is 0 Å². The Morgan fingerprint density at radius 1 is 0.643 bits per heavy atom. The largest absolute Gasteiger partial charge is 0.161 e. The summed E-state index contributed by atoms with van der Waals surface area (Å²) in [6.45, 7) is 6.64. The highest BCUT2D eigenvalue weighted by atomic mass is 32.2. The number of hydrogen-bond donors (Lipinski definition) is 0. The second kappa shape index (κ2) is 10.5. The van der Waals surface area contributed by atoms with Crippen LogP contribution in [-0.4, -0.2) is 0 Å². The highest BCUT2D eigenvalue weighted by Crippen LogP contribution is 2.36. The molecule has 0 amide bonds. The van der Waals surface area contributed by atoms with E-state index in [9.17, 15) is 0 Å². The molecule has 0 spiro atoms. The van der Waals surface area contributed by atoms with E-state index in [-0.39, 0.29) is 10.9 Å². The molecule has 0 heterocycles. The predicted octanol–water partition coefficient (Wildman–Crippen LogP) is 8.15. The van der Waals surface area contributed by atoms with Crippen molar-refractivity contribution in [2.75, 3.05) is 0 Å². The summed E-state index contributed by atoms with van der Waals surface area (Å²) in [5.74, 6) is 0. The minimum Gasteiger partial charge on any atom is -0.0877 e. The van der Waals surface area contributed by atoms with Crippen LogP contribution in [0.1, 0.15) is 59.3 Å². The van der Waals surface area contributed by atoms with Crippen LogP contribution in [0.25, 0.3) is 0 Å². The molecule has 1 atom stereocenters. The molecule has 0 aromatic carbocycles. The lowest BCUT2D eigenvalue weighted by Crippen LogP contribution is -2.11. The van der Waals surface area contributed by atoms with E-state index >= 15 is 0 Å². The summed E-state index contributed by atoms with van der Waals surface area (Å²) in [5, 5.41) is 0. The fourth-order valence-electron chi connectivity index (χ4n) is 3.54. The Morgan fingerprint density at radius 2 is 1.46 bits per heavy atom. The molecule has 0 saturated heterocycles. The molecule has 0 N–H and O–H groups in total. The van der Waals surface area contributed by atoms with Gasteiger partial charge in [-0.1, -0.05) is 65.3 Å². The molecule has 0 aromatic heterocycles. The quantitative estimate of drug-likeness (QED) is 0.337. The Morgan fingerprint density at radius 3 is 2.36 bits per heavy atom. The number of hydrogen-bond acceptors (Lipinski definition) is 0. The van der Waals surface area contributed by atoms with Crippen molar-refractivity contribution in [2.24, 2.45) is 0 Å². The van der Waals surface area contributed by atoms with Gasteiger partial charge in [0.1, 0.15) is 9.81 Å². The molecule has 3 aliphatic rings. The first kappa shape index (κ1) is 20.7. The van der Waals surface area contributed by atoms with Gasteiger partial charge in [0.2, 0.25) is 0 Å². The van der Waals surface area contributed by atoms with E-state index in [1.165, 1.54) is 26.5 Å². The van der Waals surface area contributed by atoms with Crippen LogP contribution in [0.4, 0.5) is 0 Å². The zero-order valence-electron chi connectivity index (χ0n) is 17.6. The fourth-order valence-corrected chi connectivity index (χ4v) is 5.96. The molecule has 0 radical (unpaired) electrons. The van der Waals surface area contributed by atoms with Crippen LogP contribution in [0.15, 0.2) is 104 Å². The normalized spacial score (nSPS) is 28.7. The predicted molar refractivity (Wildman–Crippen MR) is 128 cm³/mol. The molecule has 28 heavy (non-hydrogen) atoms. The average molecular weight is 390 g/mol. The Labute approximate surface area is 174 Å². The highest BCUT2D eigenvalue weighted by molar-refractivity contribution is 8.07. The van der Waals surface area contributed by atoms with Crippen LogP contribution in [0.3, 0.4) is 0 Å². The second-order valence-corrected chi connectivity index (χ2v) is 9.91. The lowest BCUT2D eigenvalue weighted by atomic mass is 10.1. The van der Waals surface area contributed by atoms with E-state index in [0.29, 0.717) is 0 Å². The van der Waals surface area contributed by atoms with Crippen molar-refractivity contribution in [3.05, 3.63) is 104 Å². The molecule has 1 heteroatoms. The van der Waals surface area contributed by atoms with Crippen molar-refractivity contribution in [1.29, 1.82) is 0 Å². The van der Waals surface area contributed by atoms with Crippen LogP contribution in [0.2, 0.25) is 0 Å². The van der Waals surface area contributed by atoms with Gasteiger partial charge in [-0.2, -0.15) is 0 Å². The van der Waals surface area contributed by atoms with E-state index in [0.717, 1.165) is 38.5 Å². The molecule has 0 aromatic rings. The third kappa shape index (κ3) is 6.01. The van der Waals surface area contributed by atoms with E-state index in [2.05, 4.69) is 93.7 Å². The van der Waals surface area contributed by atoms with E-state index in [1.54, 1.807) is 4.91 Å². The molecule has 1 unspecified atom stereocenters. The summed E-state index contributed by atoms with van der Waals surface area (Å²) in [5.41, 5.74) is 4.15. The molecule has 3 rings (SSSR count). The van der Waals surface area contributed by atoms with E-state index < -0.39 is 0 Å². The molecular formula is C27H33S+. The SMILES string of the molecule is CC1=CC=C([S+](C2=C\CCC=C(C)/C=C\2)/C2=C/C=C(/C)CC=CCC2)CC=C1. The summed E-state index contributed by atoms with van der Waals surface area (Å²) < 4.78 is 0. The Hall–Kier alpha value is -1.99. The first-order chi connectivity index (χ1) is 13.6. The maximum absolute atomic E-state index is 2.48. The van der Waals surface area contributed by atoms with Crippen LogP contribution >= 0.6 is 0 Å². The maximum atomic E-state index is 2.48. The molecule has 146 valence electrons. The number of allylic oxidation sites excluding steroid dienone is 17. The van der Waals surface area contributed by atoms with Gasteiger partial charge >= 0.3 is 0 Å². The van der Waals surface area contributed by atoms with Crippen molar-refractivity contribution in [2.45, 2.75) is 59.3 Å². The van der Waals surface area contributed by atoms with Crippen molar-refractivity contribution >= 4 is 10.9 Å². The van der Waals surface area contributed by atoms with Crippen LogP contribution in [0, 0.1) is 0 Å². The van der Waals surface area contributed by atoms with Gasteiger partial charge in [-0.15, -0.1) is 0 Å². The summed E-state index contributed by atoms with van der Waals surface area (Å²) in [4.78, 5) is 4.59. The van der Waals surface area contributed by atoms with Crippen LogP contribution in [0.5, 0.6) is 0 Å². The Kier molecular flexibility index (Phi) is 7.80. The topological polar surface area (TPSA) is 0 Å². The van der Waals surface area contributed by atoms with E-state index in [1.807, 2.05) is 0 Å². The smallest absolute Gasteiger partial charge is 0.0877 e. The molecule has 0 nitrogen and oxygen atoms in total. The molecule has 0 bridgehead atoms. The molecule has 0 aliphatic heterocycles. The summed E-state index contributed by atoms with van der Waals surface area (Å²) in [6.07, 6.45) is 34.8. The fraction of sp³-hybridized carbons (Fsp3) is 0.333. The zero-order valence-corrected chi connectivity index (χ0v) is 18.4. The maximum Gasteiger partial charge on any atom is 0.161 e. The highest BCUT2D eigenvalue weighted by Gasteiger charge is 2.33. The van der Waals surface area contributed by atoms with Gasteiger partial charge in [0, 0.05) is 12.8 Å². The second-order valence-electron chi connectivity index (χ2n) is 7.78. The Balaban J connectivity index is 2.06. The van der Waals surface area contributed by atoms with Crippen molar-refractivity contribution in [1.82, 2.24) is 0 Å². The standard InChI is InChI=1S/C27H33S/c1-22-10-5-4-6-13-25(19-16-22)28(27-15-9-12-24(3)18-21-27)26-14-8-7-11-23(2)17-20-26/h4-5,9,11-12,14,16-21H,6-8,10,13,15H2,1-3H3/q+1/b5-4?,20-17-,22-16-,23-11?,25-19+,26-14-. The van der Waals surface area contributed by atoms with Crippen molar-refractivity contribution in [3.8, 4) is 0 Å². The summed E-state index contributed by atoms with van der Waals surface area (Å²) in [7, 11) is 0.00991. The average Bonchev–Trinajstić information content (AvgIpc) is 2.81. The third-order valence-corrected chi connectivity index (χ3v) is 7.66. The third-order valence-electron chi connectivity index (χ3n) is 5.20. The van der Waals surface area contributed by atoms with Gasteiger partial charge in [0.15, 0.2) is 4.91 Å². The van der Waals surface area contributed by atoms with Gasteiger partial charge in [0.05, 0.1) is 10.9 Å². The van der Waals surface area contributed by atoms with Crippen LogP contribution < -0.4 is 0 Å². The minimum absolute atomic E-state index is 0.00991. The van der Waals surface area contributed by atoms with Crippen molar-refractivity contribution in [3.63, 3.8) is 0 Å². The summed E-state index contributed by atoms with van der Waals surface area (Å²) in [6, 6.07) is 0. The van der Waals surface area contributed by atoms with Gasteiger partial charge < -0.3 is 0 Å². The lowest BCUT2D eigenvalue weighted by molar-refractivity contribution is 1.02. The first-order valence-electron chi connectivity index (χ1n) is 10.5. The molecular weight excluding hydrogens is 356 g/mol. The van der Waals surface area contributed by atoms with Gasteiger partial charge in [-0.25, -0.2) is 0 Å². The monoisotopic (exact) mass is 389 g/mol. The zero-order chi connectivity index (χ0) is 19.8. The Bertz CT molecular complexity index is 847.